The molecule has 0 saturated carbocycles. The second-order valence-electron chi connectivity index (χ2n) is 16.2. The summed E-state index contributed by atoms with van der Waals surface area (Å²) in [6.45, 7) is 10.6. The van der Waals surface area contributed by atoms with Crippen LogP contribution in [0.3, 0.4) is 0 Å². The standard InChI is InChI=1S/2C24H28FN7O2/c1-15(2)26-8-9-32(20-10-17(33-4)11-21(34-5)23(20)25)22-7-6-18-24(30-22)29-19(13-27-18)16-12-28-31(3)14-16;1-15(2)26-8-9-32-22(29-19-10-17(33-4)11-21(34-5)23(19)25)7-6-18-24(32)30-20(13-27-18)16-12-28-31(3)14-16/h2*6-7,10-15,26H,8-9H2,1-5H3. The van der Waals surface area contributed by atoms with Crippen LogP contribution in [-0.4, -0.2) is 109 Å². The minimum absolute atomic E-state index is 0.0607. The number of hydrogen-bond acceptors (Lipinski definition) is 15. The van der Waals surface area contributed by atoms with Gasteiger partial charge in [0.05, 0.1) is 70.3 Å². The van der Waals surface area contributed by atoms with Gasteiger partial charge in [0.1, 0.15) is 39.5 Å². The van der Waals surface area contributed by atoms with E-state index in [-0.39, 0.29) is 23.2 Å². The Balaban J connectivity index is 0.000000201. The van der Waals surface area contributed by atoms with Crippen molar-refractivity contribution < 1.29 is 27.7 Å². The van der Waals surface area contributed by atoms with Gasteiger partial charge in [-0.25, -0.2) is 28.7 Å². The molecule has 0 aliphatic carbocycles. The molecule has 0 bridgehead atoms. The Morgan fingerprint density at radius 1 is 0.662 bits per heavy atom. The molecule has 0 spiro atoms. The van der Waals surface area contributed by atoms with Crippen LogP contribution in [0, 0.1) is 11.6 Å². The fourth-order valence-corrected chi connectivity index (χ4v) is 7.14. The van der Waals surface area contributed by atoms with E-state index in [9.17, 15) is 0 Å². The summed E-state index contributed by atoms with van der Waals surface area (Å²) >= 11 is 0. The van der Waals surface area contributed by atoms with Crippen LogP contribution in [0.15, 0.2) is 90.7 Å². The zero-order valence-electron chi connectivity index (χ0n) is 39.8. The van der Waals surface area contributed by atoms with Gasteiger partial charge < -0.3 is 39.0 Å². The van der Waals surface area contributed by atoms with E-state index in [2.05, 4.69) is 68.5 Å². The highest BCUT2D eigenvalue weighted by Gasteiger charge is 2.22. The minimum Gasteiger partial charge on any atom is -0.497 e. The number of methoxy groups -OCH3 is 4. The van der Waals surface area contributed by atoms with E-state index in [0.717, 1.165) is 11.1 Å². The summed E-state index contributed by atoms with van der Waals surface area (Å²) in [6.07, 6.45) is 10.6. The number of hydrogen-bond donors (Lipinski definition) is 2. The third-order valence-electron chi connectivity index (χ3n) is 10.6. The molecular formula is C48H56F2N14O4. The number of pyridine rings is 2. The molecule has 0 atom stereocenters. The molecule has 2 N–H and O–H groups in total. The first-order chi connectivity index (χ1) is 32.8. The van der Waals surface area contributed by atoms with E-state index >= 15 is 8.78 Å². The number of halogens is 2. The van der Waals surface area contributed by atoms with Crippen LogP contribution in [0.5, 0.6) is 23.0 Å². The summed E-state index contributed by atoms with van der Waals surface area (Å²) in [5.74, 6) is 0.556. The molecule has 0 amide bonds. The number of anilines is 2. The Labute approximate surface area is 392 Å². The molecule has 356 valence electrons. The molecule has 0 fully saturated rings. The molecule has 8 aromatic rings. The maximum atomic E-state index is 15.4. The van der Waals surface area contributed by atoms with Gasteiger partial charge in [0, 0.05) is 100 Å². The van der Waals surface area contributed by atoms with Crippen molar-refractivity contribution in [2.24, 2.45) is 19.1 Å². The Hall–Kier alpha value is -7.58. The highest BCUT2D eigenvalue weighted by atomic mass is 19.1. The number of nitrogens with zero attached hydrogens (tertiary/aromatic N) is 12. The normalized spacial score (nSPS) is 11.6. The molecule has 0 aliphatic rings. The third kappa shape index (κ3) is 11.3. The van der Waals surface area contributed by atoms with E-state index in [1.165, 1.54) is 46.6 Å². The van der Waals surface area contributed by atoms with E-state index in [0.29, 0.717) is 94.4 Å². The molecule has 20 heteroatoms. The van der Waals surface area contributed by atoms with Crippen LogP contribution in [0.4, 0.5) is 26.0 Å². The fraction of sp³-hybridized carbons (Fsp3) is 0.333. The van der Waals surface area contributed by atoms with Crippen LogP contribution in [0.1, 0.15) is 27.7 Å². The van der Waals surface area contributed by atoms with Crippen molar-refractivity contribution in [3.8, 4) is 45.5 Å². The molecule has 18 nitrogen and oxygen atoms in total. The summed E-state index contributed by atoms with van der Waals surface area (Å²) < 4.78 is 56.9. The molecule has 0 aliphatic heterocycles. The molecule has 8 rings (SSSR count). The predicted molar refractivity (Wildman–Crippen MR) is 257 cm³/mol. The second kappa shape index (κ2) is 21.8. The largest absolute Gasteiger partial charge is 0.497 e. The first-order valence-corrected chi connectivity index (χ1v) is 21.9. The van der Waals surface area contributed by atoms with Crippen LogP contribution >= 0.6 is 0 Å². The highest BCUT2D eigenvalue weighted by Crippen LogP contribution is 2.37. The first-order valence-electron chi connectivity index (χ1n) is 21.9. The maximum absolute atomic E-state index is 15.4. The number of aryl methyl sites for hydroxylation is 2. The Bertz CT molecular complexity index is 3080. The lowest BCUT2D eigenvalue weighted by molar-refractivity contribution is 0.374. The average molecular weight is 931 g/mol. The SMILES string of the molecule is COc1cc(N=c2ccc3ncc(-c4cnn(C)c4)nc3n2CCNC(C)C)c(F)c(OC)c1.COc1cc(OC)c(F)c(N(CCNC(C)C)c2ccc3ncc(-c4cnn(C)c4)nc3n2)c1. The Kier molecular flexibility index (Phi) is 15.5. The zero-order valence-corrected chi connectivity index (χ0v) is 39.8. The Morgan fingerprint density at radius 2 is 1.25 bits per heavy atom. The van der Waals surface area contributed by atoms with Crippen molar-refractivity contribution in [1.82, 2.24) is 59.7 Å². The molecule has 0 saturated heterocycles. The number of nitrogens with one attached hydrogen (secondary N) is 2. The molecule has 2 aromatic carbocycles. The van der Waals surface area contributed by atoms with Crippen LogP contribution in [-0.2, 0) is 20.6 Å². The summed E-state index contributed by atoms with van der Waals surface area (Å²) in [4.78, 5) is 29.8. The van der Waals surface area contributed by atoms with Gasteiger partial charge in [0.15, 0.2) is 34.4 Å². The van der Waals surface area contributed by atoms with Gasteiger partial charge in [-0.2, -0.15) is 10.2 Å². The lowest BCUT2D eigenvalue weighted by atomic mass is 10.2. The lowest BCUT2D eigenvalue weighted by Crippen LogP contribution is -2.33. The number of rotatable bonds is 17. The van der Waals surface area contributed by atoms with Crippen LogP contribution < -0.4 is 40.0 Å². The zero-order chi connectivity index (χ0) is 48.5. The number of fused-ring (bicyclic) bond motifs is 2. The molecular weight excluding hydrogens is 875 g/mol. The van der Waals surface area contributed by atoms with Gasteiger partial charge in [0.2, 0.25) is 0 Å². The maximum Gasteiger partial charge on any atom is 0.190 e. The first kappa shape index (κ1) is 48.4. The van der Waals surface area contributed by atoms with Gasteiger partial charge in [-0.3, -0.25) is 19.3 Å². The van der Waals surface area contributed by atoms with Crippen molar-refractivity contribution in [2.75, 3.05) is 53.0 Å². The van der Waals surface area contributed by atoms with E-state index in [1.54, 1.807) is 45.1 Å². The average Bonchev–Trinajstić information content (AvgIpc) is 3.99. The van der Waals surface area contributed by atoms with E-state index in [4.69, 9.17) is 28.9 Å². The van der Waals surface area contributed by atoms with Crippen molar-refractivity contribution in [3.63, 3.8) is 0 Å². The van der Waals surface area contributed by atoms with Crippen molar-refractivity contribution >= 4 is 39.5 Å². The molecule has 6 aromatic heterocycles. The summed E-state index contributed by atoms with van der Waals surface area (Å²) in [5, 5.41) is 15.2. The predicted octanol–water partition coefficient (Wildman–Crippen LogP) is 6.94. The molecule has 0 radical (unpaired) electrons. The second-order valence-corrected chi connectivity index (χ2v) is 16.2. The third-order valence-corrected chi connectivity index (χ3v) is 10.6. The van der Waals surface area contributed by atoms with E-state index in [1.807, 2.05) is 55.3 Å². The molecule has 68 heavy (non-hydrogen) atoms. The van der Waals surface area contributed by atoms with E-state index < -0.39 is 11.6 Å². The van der Waals surface area contributed by atoms with Crippen molar-refractivity contribution in [3.05, 3.63) is 103 Å². The smallest absolute Gasteiger partial charge is 0.190 e. The topological polar surface area (TPSA) is 182 Å². The summed E-state index contributed by atoms with van der Waals surface area (Å²) in [5.41, 5.74) is 6.43. The lowest BCUT2D eigenvalue weighted by Gasteiger charge is -2.26. The van der Waals surface area contributed by atoms with Crippen molar-refractivity contribution in [2.45, 2.75) is 46.3 Å². The monoisotopic (exact) mass is 930 g/mol. The number of aromatic nitrogens is 10. The van der Waals surface area contributed by atoms with Crippen LogP contribution in [0.2, 0.25) is 0 Å². The van der Waals surface area contributed by atoms with Crippen LogP contribution in [0.25, 0.3) is 44.8 Å². The quantitative estimate of drug-likeness (QED) is 0.0959. The summed E-state index contributed by atoms with van der Waals surface area (Å²) in [6, 6.07) is 14.0. The Morgan fingerprint density at radius 3 is 1.85 bits per heavy atom. The molecule has 0 unspecified atom stereocenters. The minimum atomic E-state index is -0.564. The van der Waals surface area contributed by atoms with Gasteiger partial charge in [-0.15, -0.1) is 0 Å². The van der Waals surface area contributed by atoms with Gasteiger partial charge in [-0.1, -0.05) is 27.7 Å². The van der Waals surface area contributed by atoms with Gasteiger partial charge >= 0.3 is 0 Å². The summed E-state index contributed by atoms with van der Waals surface area (Å²) in [7, 11) is 9.57. The number of benzene rings is 2. The number of ether oxygens (including phenoxy) is 4. The molecule has 6 heterocycles. The fourth-order valence-electron chi connectivity index (χ4n) is 7.14. The van der Waals surface area contributed by atoms with Gasteiger partial charge in [-0.05, 0) is 24.3 Å². The van der Waals surface area contributed by atoms with Crippen molar-refractivity contribution in [1.29, 1.82) is 0 Å². The van der Waals surface area contributed by atoms with Gasteiger partial charge in [0.25, 0.3) is 0 Å². The highest BCUT2D eigenvalue weighted by molar-refractivity contribution is 5.77.